The molecule has 9 heteroatoms. The zero-order chi connectivity index (χ0) is 21.0. The Morgan fingerprint density at radius 2 is 2.14 bits per heavy atom. The van der Waals surface area contributed by atoms with Crippen molar-refractivity contribution in [1.82, 2.24) is 20.5 Å². The first-order chi connectivity index (χ1) is 13.8. The standard InChI is InChI=1S/C20H26ClN5O3/c1-11(2)29-20(28)23-14-5-4-13(8-14)17-10-18(26-25-17)24-19(27)9-15-6-7-16(21)12(3)22-15/h6-7,10-11,13-14H,4-5,8-9H2,1-3H3,(H,23,28)(H2,24,25,26,27). The van der Waals surface area contributed by atoms with Gasteiger partial charge in [0.2, 0.25) is 5.91 Å². The van der Waals surface area contributed by atoms with E-state index in [1.165, 1.54) is 0 Å². The highest BCUT2D eigenvalue weighted by molar-refractivity contribution is 6.31. The van der Waals surface area contributed by atoms with Crippen molar-refractivity contribution in [2.75, 3.05) is 5.32 Å². The molecule has 0 saturated heterocycles. The molecular weight excluding hydrogens is 394 g/mol. The predicted octanol–water partition coefficient (Wildman–Crippen LogP) is 3.72. The molecule has 156 valence electrons. The van der Waals surface area contributed by atoms with Gasteiger partial charge in [0.25, 0.3) is 0 Å². The van der Waals surface area contributed by atoms with Crippen molar-refractivity contribution in [1.29, 1.82) is 0 Å². The molecule has 2 atom stereocenters. The van der Waals surface area contributed by atoms with Crippen molar-refractivity contribution < 1.29 is 14.3 Å². The van der Waals surface area contributed by atoms with Gasteiger partial charge in [-0.25, -0.2) is 4.79 Å². The Hall–Kier alpha value is -2.61. The number of H-pyrrole nitrogens is 1. The van der Waals surface area contributed by atoms with Crippen LogP contribution in [0.5, 0.6) is 0 Å². The first-order valence-electron chi connectivity index (χ1n) is 9.74. The minimum atomic E-state index is -0.380. The molecule has 2 aromatic rings. The number of rotatable bonds is 6. The molecule has 0 aromatic carbocycles. The highest BCUT2D eigenvalue weighted by Gasteiger charge is 2.29. The van der Waals surface area contributed by atoms with Gasteiger partial charge in [-0.2, -0.15) is 5.10 Å². The molecule has 0 spiro atoms. The maximum atomic E-state index is 12.3. The Labute approximate surface area is 174 Å². The molecule has 8 nitrogen and oxygen atoms in total. The maximum absolute atomic E-state index is 12.3. The topological polar surface area (TPSA) is 109 Å². The van der Waals surface area contributed by atoms with Gasteiger partial charge in [-0.05, 0) is 52.2 Å². The summed E-state index contributed by atoms with van der Waals surface area (Å²) in [7, 11) is 0. The van der Waals surface area contributed by atoms with Crippen LogP contribution in [0.25, 0.3) is 0 Å². The Kier molecular flexibility index (Phi) is 6.74. The number of nitrogens with zero attached hydrogens (tertiary/aromatic N) is 2. The van der Waals surface area contributed by atoms with E-state index in [2.05, 4.69) is 25.8 Å². The minimum absolute atomic E-state index is 0.0757. The van der Waals surface area contributed by atoms with E-state index in [0.29, 0.717) is 22.2 Å². The Balaban J connectivity index is 1.51. The van der Waals surface area contributed by atoms with Crippen LogP contribution in [-0.4, -0.2) is 39.3 Å². The number of aromatic amines is 1. The van der Waals surface area contributed by atoms with Crippen molar-refractivity contribution in [3.63, 3.8) is 0 Å². The number of hydrogen-bond acceptors (Lipinski definition) is 5. The predicted molar refractivity (Wildman–Crippen MR) is 110 cm³/mol. The molecule has 0 aliphatic heterocycles. The molecule has 29 heavy (non-hydrogen) atoms. The lowest BCUT2D eigenvalue weighted by molar-refractivity contribution is -0.115. The third kappa shape index (κ3) is 5.93. The van der Waals surface area contributed by atoms with E-state index in [-0.39, 0.29) is 36.5 Å². The summed E-state index contributed by atoms with van der Waals surface area (Å²) in [5.74, 6) is 0.532. The highest BCUT2D eigenvalue weighted by Crippen LogP contribution is 2.34. The third-order valence-electron chi connectivity index (χ3n) is 4.82. The van der Waals surface area contributed by atoms with Crippen LogP contribution in [0.4, 0.5) is 10.6 Å². The molecule has 0 bridgehead atoms. The molecule has 1 aliphatic carbocycles. The van der Waals surface area contributed by atoms with E-state index in [1.54, 1.807) is 19.1 Å². The molecule has 1 saturated carbocycles. The lowest BCUT2D eigenvalue weighted by Gasteiger charge is -2.14. The summed E-state index contributed by atoms with van der Waals surface area (Å²) in [4.78, 5) is 28.3. The quantitative estimate of drug-likeness (QED) is 0.661. The van der Waals surface area contributed by atoms with Crippen LogP contribution in [0.1, 0.15) is 56.1 Å². The Morgan fingerprint density at radius 1 is 1.34 bits per heavy atom. The summed E-state index contributed by atoms with van der Waals surface area (Å²) in [6, 6.07) is 5.39. The lowest BCUT2D eigenvalue weighted by Crippen LogP contribution is -2.34. The van der Waals surface area contributed by atoms with Gasteiger partial charge in [-0.3, -0.25) is 14.9 Å². The van der Waals surface area contributed by atoms with Crippen LogP contribution < -0.4 is 10.6 Å². The van der Waals surface area contributed by atoms with Crippen molar-refractivity contribution in [3.05, 3.63) is 40.3 Å². The summed E-state index contributed by atoms with van der Waals surface area (Å²) in [5, 5.41) is 13.5. The average molecular weight is 420 g/mol. The van der Waals surface area contributed by atoms with Crippen LogP contribution in [0.3, 0.4) is 0 Å². The van der Waals surface area contributed by atoms with Crippen LogP contribution in [0, 0.1) is 6.92 Å². The molecular formula is C20H26ClN5O3. The summed E-state index contributed by atoms with van der Waals surface area (Å²) >= 11 is 5.96. The van der Waals surface area contributed by atoms with E-state index in [0.717, 1.165) is 25.0 Å². The van der Waals surface area contributed by atoms with E-state index in [4.69, 9.17) is 16.3 Å². The first-order valence-corrected chi connectivity index (χ1v) is 10.1. The summed E-state index contributed by atoms with van der Waals surface area (Å²) < 4.78 is 5.13. The van der Waals surface area contributed by atoms with Crippen LogP contribution in [0.15, 0.2) is 18.2 Å². The SMILES string of the molecule is Cc1nc(CC(=O)Nc2cc(C3CCC(NC(=O)OC(C)C)C3)[nH]n2)ccc1Cl. The summed E-state index contributed by atoms with van der Waals surface area (Å²) in [5.41, 5.74) is 2.29. The van der Waals surface area contributed by atoms with Gasteiger partial charge in [-0.1, -0.05) is 11.6 Å². The lowest BCUT2D eigenvalue weighted by atomic mass is 10.0. The number of anilines is 1. The van der Waals surface area contributed by atoms with Gasteiger partial charge >= 0.3 is 6.09 Å². The van der Waals surface area contributed by atoms with E-state index >= 15 is 0 Å². The number of amides is 2. The van der Waals surface area contributed by atoms with Crippen LogP contribution >= 0.6 is 11.6 Å². The number of pyridine rings is 1. The number of halogens is 1. The number of carbonyl (C=O) groups excluding carboxylic acids is 2. The Morgan fingerprint density at radius 3 is 2.86 bits per heavy atom. The van der Waals surface area contributed by atoms with Crippen molar-refractivity contribution in [2.45, 2.75) is 64.5 Å². The highest BCUT2D eigenvalue weighted by atomic mass is 35.5. The fraction of sp³-hybridized carbons (Fsp3) is 0.500. The average Bonchev–Trinajstić information content (AvgIpc) is 3.26. The number of carbonyl (C=O) groups is 2. The fourth-order valence-corrected chi connectivity index (χ4v) is 3.57. The zero-order valence-corrected chi connectivity index (χ0v) is 17.5. The van der Waals surface area contributed by atoms with Crippen molar-refractivity contribution in [2.24, 2.45) is 0 Å². The number of alkyl carbamates (subject to hydrolysis) is 1. The number of nitrogens with one attached hydrogen (secondary N) is 3. The van der Waals surface area contributed by atoms with Gasteiger partial charge in [0.15, 0.2) is 5.82 Å². The van der Waals surface area contributed by atoms with Gasteiger partial charge in [0, 0.05) is 23.7 Å². The number of hydrogen-bond donors (Lipinski definition) is 3. The van der Waals surface area contributed by atoms with E-state index in [1.807, 2.05) is 19.9 Å². The second kappa shape index (κ2) is 9.26. The third-order valence-corrected chi connectivity index (χ3v) is 5.22. The van der Waals surface area contributed by atoms with Crippen molar-refractivity contribution >= 4 is 29.4 Å². The second-order valence-electron chi connectivity index (χ2n) is 7.61. The summed E-state index contributed by atoms with van der Waals surface area (Å²) in [6.45, 7) is 5.44. The molecule has 2 aromatic heterocycles. The molecule has 2 heterocycles. The maximum Gasteiger partial charge on any atom is 0.407 e. The van der Waals surface area contributed by atoms with Gasteiger partial charge in [0.05, 0.1) is 28.9 Å². The molecule has 1 fully saturated rings. The monoisotopic (exact) mass is 419 g/mol. The second-order valence-corrected chi connectivity index (χ2v) is 8.02. The van der Waals surface area contributed by atoms with Crippen molar-refractivity contribution in [3.8, 4) is 0 Å². The first kappa shape index (κ1) is 21.1. The fourth-order valence-electron chi connectivity index (χ4n) is 3.47. The summed E-state index contributed by atoms with van der Waals surface area (Å²) in [6.07, 6.45) is 2.23. The number of aromatic nitrogens is 3. The zero-order valence-electron chi connectivity index (χ0n) is 16.8. The minimum Gasteiger partial charge on any atom is -0.447 e. The number of ether oxygens (including phenoxy) is 1. The molecule has 1 aliphatic rings. The van der Waals surface area contributed by atoms with Gasteiger partial charge in [0.1, 0.15) is 0 Å². The van der Waals surface area contributed by atoms with Crippen LogP contribution in [-0.2, 0) is 16.0 Å². The molecule has 2 amide bonds. The van der Waals surface area contributed by atoms with E-state index < -0.39 is 0 Å². The largest absolute Gasteiger partial charge is 0.447 e. The molecule has 3 rings (SSSR count). The molecule has 0 radical (unpaired) electrons. The molecule has 2 unspecified atom stereocenters. The normalized spacial score (nSPS) is 18.7. The number of aryl methyl sites for hydroxylation is 1. The van der Waals surface area contributed by atoms with E-state index in [9.17, 15) is 9.59 Å². The molecule has 3 N–H and O–H groups in total. The van der Waals surface area contributed by atoms with Gasteiger partial charge in [-0.15, -0.1) is 0 Å². The van der Waals surface area contributed by atoms with Gasteiger partial charge < -0.3 is 15.4 Å². The van der Waals surface area contributed by atoms with Crippen LogP contribution in [0.2, 0.25) is 5.02 Å². The Bertz CT molecular complexity index is 883. The smallest absolute Gasteiger partial charge is 0.407 e.